The Morgan fingerprint density at radius 1 is 1.35 bits per heavy atom. The molecule has 0 N–H and O–H groups in total. The number of carbonyl (C=O) groups is 1. The van der Waals surface area contributed by atoms with Crippen molar-refractivity contribution in [2.45, 2.75) is 31.6 Å². The summed E-state index contributed by atoms with van der Waals surface area (Å²) in [4.78, 5) is 24.5. The van der Waals surface area contributed by atoms with Crippen LogP contribution >= 0.6 is 0 Å². The molecule has 7 heteroatoms. The zero-order chi connectivity index (χ0) is 14.0. The van der Waals surface area contributed by atoms with Crippen molar-refractivity contribution in [3.05, 3.63) is 24.4 Å². The Kier molecular flexibility index (Phi) is 3.17. The third-order valence-corrected chi connectivity index (χ3v) is 3.47. The van der Waals surface area contributed by atoms with Crippen molar-refractivity contribution in [3.63, 3.8) is 0 Å². The lowest BCUT2D eigenvalue weighted by molar-refractivity contribution is -0.155. The van der Waals surface area contributed by atoms with E-state index in [9.17, 15) is 4.79 Å². The molecule has 0 amide bonds. The SMILES string of the molecule is CCOC(=O)C1(c2nc(-c3ncccn3)no2)CCC1. The van der Waals surface area contributed by atoms with Crippen molar-refractivity contribution in [2.75, 3.05) is 6.61 Å². The maximum atomic E-state index is 12.1. The highest BCUT2D eigenvalue weighted by Crippen LogP contribution is 2.44. The van der Waals surface area contributed by atoms with Gasteiger partial charge in [-0.2, -0.15) is 4.98 Å². The molecule has 1 fully saturated rings. The van der Waals surface area contributed by atoms with E-state index in [1.54, 1.807) is 25.4 Å². The number of esters is 1. The van der Waals surface area contributed by atoms with E-state index in [1.165, 1.54) is 0 Å². The summed E-state index contributed by atoms with van der Waals surface area (Å²) in [5.74, 6) is 0.664. The molecule has 2 aromatic rings. The Labute approximate surface area is 115 Å². The lowest BCUT2D eigenvalue weighted by Crippen LogP contribution is -2.44. The summed E-state index contributed by atoms with van der Waals surface area (Å²) in [6, 6.07) is 1.70. The molecule has 7 nitrogen and oxygen atoms in total. The fourth-order valence-electron chi connectivity index (χ4n) is 2.23. The van der Waals surface area contributed by atoms with Crippen LogP contribution in [-0.4, -0.2) is 32.7 Å². The summed E-state index contributed by atoms with van der Waals surface area (Å²) >= 11 is 0. The van der Waals surface area contributed by atoms with Gasteiger partial charge in [0.1, 0.15) is 5.41 Å². The first-order chi connectivity index (χ1) is 9.76. The maximum Gasteiger partial charge on any atom is 0.321 e. The highest BCUT2D eigenvalue weighted by Gasteiger charge is 2.52. The molecule has 3 rings (SSSR count). The lowest BCUT2D eigenvalue weighted by atomic mass is 9.68. The minimum absolute atomic E-state index is 0.288. The van der Waals surface area contributed by atoms with Crippen molar-refractivity contribution in [2.24, 2.45) is 0 Å². The second-order valence-corrected chi connectivity index (χ2v) is 4.65. The minimum Gasteiger partial charge on any atom is -0.465 e. The molecule has 1 aliphatic carbocycles. The molecule has 0 aromatic carbocycles. The first kappa shape index (κ1) is 12.7. The summed E-state index contributed by atoms with van der Waals surface area (Å²) in [6.07, 6.45) is 5.48. The minimum atomic E-state index is -0.782. The second kappa shape index (κ2) is 4.99. The third-order valence-electron chi connectivity index (χ3n) is 3.47. The Morgan fingerprint density at radius 2 is 2.10 bits per heavy atom. The van der Waals surface area contributed by atoms with E-state index < -0.39 is 5.41 Å². The van der Waals surface area contributed by atoms with Gasteiger partial charge in [0.25, 0.3) is 0 Å². The smallest absolute Gasteiger partial charge is 0.321 e. The van der Waals surface area contributed by atoms with Crippen LogP contribution in [0.1, 0.15) is 32.1 Å². The van der Waals surface area contributed by atoms with Crippen LogP contribution in [0.15, 0.2) is 23.0 Å². The molecule has 104 valence electrons. The molecule has 1 aliphatic rings. The molecule has 2 aromatic heterocycles. The van der Waals surface area contributed by atoms with Crippen molar-refractivity contribution in [1.29, 1.82) is 0 Å². The van der Waals surface area contributed by atoms with Crippen molar-refractivity contribution in [1.82, 2.24) is 20.1 Å². The van der Waals surface area contributed by atoms with Crippen LogP contribution in [0, 0.1) is 0 Å². The van der Waals surface area contributed by atoms with E-state index in [1.807, 2.05) is 0 Å². The van der Waals surface area contributed by atoms with Gasteiger partial charge in [0.15, 0.2) is 0 Å². The van der Waals surface area contributed by atoms with Crippen LogP contribution in [0.4, 0.5) is 0 Å². The number of hydrogen-bond donors (Lipinski definition) is 0. The molecule has 1 saturated carbocycles. The number of rotatable bonds is 4. The molecular weight excluding hydrogens is 260 g/mol. The van der Waals surface area contributed by atoms with Crippen LogP contribution in [-0.2, 0) is 14.9 Å². The highest BCUT2D eigenvalue weighted by atomic mass is 16.5. The zero-order valence-corrected chi connectivity index (χ0v) is 11.1. The molecule has 0 saturated heterocycles. The van der Waals surface area contributed by atoms with Gasteiger partial charge in [-0.1, -0.05) is 11.6 Å². The van der Waals surface area contributed by atoms with Gasteiger partial charge in [-0.3, -0.25) is 4.79 Å². The van der Waals surface area contributed by atoms with Gasteiger partial charge in [-0.15, -0.1) is 0 Å². The molecule has 0 aliphatic heterocycles. The summed E-state index contributed by atoms with van der Waals surface area (Å²) in [5, 5.41) is 3.86. The van der Waals surface area contributed by atoms with E-state index in [0.29, 0.717) is 31.2 Å². The summed E-state index contributed by atoms with van der Waals surface area (Å²) in [6.45, 7) is 2.12. The van der Waals surface area contributed by atoms with Crippen LogP contribution in [0.25, 0.3) is 11.6 Å². The Hall–Kier alpha value is -2.31. The normalized spacial score (nSPS) is 16.4. The van der Waals surface area contributed by atoms with Gasteiger partial charge in [-0.05, 0) is 25.8 Å². The number of carbonyl (C=O) groups excluding carboxylic acids is 1. The fourth-order valence-corrected chi connectivity index (χ4v) is 2.23. The largest absolute Gasteiger partial charge is 0.465 e. The van der Waals surface area contributed by atoms with Crippen LogP contribution in [0.2, 0.25) is 0 Å². The highest BCUT2D eigenvalue weighted by molar-refractivity contribution is 5.83. The fraction of sp³-hybridized carbons (Fsp3) is 0.462. The summed E-state index contributed by atoms with van der Waals surface area (Å²) < 4.78 is 10.4. The molecule has 2 heterocycles. The molecule has 20 heavy (non-hydrogen) atoms. The van der Waals surface area contributed by atoms with E-state index >= 15 is 0 Å². The van der Waals surface area contributed by atoms with Gasteiger partial charge >= 0.3 is 5.97 Å². The summed E-state index contributed by atoms with van der Waals surface area (Å²) in [7, 11) is 0. The Balaban J connectivity index is 1.91. The predicted octanol–water partition coefficient (Wildman–Crippen LogP) is 1.51. The first-order valence-electron chi connectivity index (χ1n) is 6.55. The van der Waals surface area contributed by atoms with Gasteiger partial charge in [-0.25, -0.2) is 9.97 Å². The van der Waals surface area contributed by atoms with Gasteiger partial charge in [0, 0.05) is 12.4 Å². The van der Waals surface area contributed by atoms with Crippen LogP contribution in [0.3, 0.4) is 0 Å². The number of nitrogens with zero attached hydrogens (tertiary/aromatic N) is 4. The van der Waals surface area contributed by atoms with E-state index in [-0.39, 0.29) is 11.8 Å². The van der Waals surface area contributed by atoms with E-state index in [0.717, 1.165) is 6.42 Å². The molecule has 0 unspecified atom stereocenters. The maximum absolute atomic E-state index is 12.1. The van der Waals surface area contributed by atoms with Gasteiger partial charge in [0.05, 0.1) is 6.61 Å². The average Bonchev–Trinajstić information content (AvgIpc) is 2.89. The molecule has 0 atom stereocenters. The topological polar surface area (TPSA) is 91.0 Å². The molecule has 0 bridgehead atoms. The predicted molar refractivity (Wildman–Crippen MR) is 67.5 cm³/mol. The second-order valence-electron chi connectivity index (χ2n) is 4.65. The number of aromatic nitrogens is 4. The quantitative estimate of drug-likeness (QED) is 0.780. The van der Waals surface area contributed by atoms with Crippen molar-refractivity contribution in [3.8, 4) is 11.6 Å². The lowest BCUT2D eigenvalue weighted by Gasteiger charge is -2.35. The van der Waals surface area contributed by atoms with Crippen molar-refractivity contribution < 1.29 is 14.1 Å². The van der Waals surface area contributed by atoms with Gasteiger partial charge in [0.2, 0.25) is 17.5 Å². The molecular formula is C13H14N4O3. The Bertz CT molecular complexity index is 607. The standard InChI is InChI=1S/C13H14N4O3/c1-2-19-12(18)13(5-3-6-13)11-16-10(17-20-11)9-14-7-4-8-15-9/h4,7-8H,2-3,5-6H2,1H3. The number of ether oxygens (including phenoxy) is 1. The van der Waals surface area contributed by atoms with E-state index in [2.05, 4.69) is 20.1 Å². The van der Waals surface area contributed by atoms with Crippen LogP contribution in [0.5, 0.6) is 0 Å². The van der Waals surface area contributed by atoms with Crippen molar-refractivity contribution >= 4 is 5.97 Å². The van der Waals surface area contributed by atoms with Crippen LogP contribution < -0.4 is 0 Å². The Morgan fingerprint density at radius 3 is 2.70 bits per heavy atom. The summed E-state index contributed by atoms with van der Waals surface area (Å²) in [5.41, 5.74) is -0.782. The zero-order valence-electron chi connectivity index (χ0n) is 11.1. The van der Waals surface area contributed by atoms with Gasteiger partial charge < -0.3 is 9.26 Å². The molecule has 0 spiro atoms. The average molecular weight is 274 g/mol. The molecule has 0 radical (unpaired) electrons. The van der Waals surface area contributed by atoms with E-state index in [4.69, 9.17) is 9.26 Å². The number of hydrogen-bond acceptors (Lipinski definition) is 7. The first-order valence-corrected chi connectivity index (χ1v) is 6.55. The third kappa shape index (κ3) is 1.95. The monoisotopic (exact) mass is 274 g/mol.